The van der Waals surface area contributed by atoms with Crippen LogP contribution in [0.5, 0.6) is 0 Å². The lowest BCUT2D eigenvalue weighted by Gasteiger charge is -2.22. The van der Waals surface area contributed by atoms with E-state index in [0.29, 0.717) is 0 Å². The molecule has 1 nitrogen and oxygen atoms in total. The second-order valence-corrected chi connectivity index (χ2v) is 5.16. The molecular formula is C17H19FO. The van der Waals surface area contributed by atoms with E-state index in [1.165, 1.54) is 5.56 Å². The van der Waals surface area contributed by atoms with Gasteiger partial charge in [-0.15, -0.1) is 0 Å². The van der Waals surface area contributed by atoms with Crippen molar-refractivity contribution in [1.82, 2.24) is 0 Å². The Morgan fingerprint density at radius 2 is 1.42 bits per heavy atom. The standard InChI is InChI=1S/C17H19FO/c1-13-3-5-14(6-4-13)15-7-9-16(10-8-15)17(2,19)11-12-18/h3-10,19H,11-12H2,1-2H3. The number of aryl methyl sites for hydroxylation is 1. The smallest absolute Gasteiger partial charge is 0.0925 e. The van der Waals surface area contributed by atoms with Crippen molar-refractivity contribution in [3.63, 3.8) is 0 Å². The van der Waals surface area contributed by atoms with Crippen molar-refractivity contribution in [1.29, 1.82) is 0 Å². The summed E-state index contributed by atoms with van der Waals surface area (Å²) < 4.78 is 12.4. The van der Waals surface area contributed by atoms with Gasteiger partial charge in [0.15, 0.2) is 0 Å². The second-order valence-electron chi connectivity index (χ2n) is 5.16. The monoisotopic (exact) mass is 258 g/mol. The zero-order valence-corrected chi connectivity index (χ0v) is 11.4. The summed E-state index contributed by atoms with van der Waals surface area (Å²) >= 11 is 0. The average molecular weight is 258 g/mol. The highest BCUT2D eigenvalue weighted by Crippen LogP contribution is 2.27. The van der Waals surface area contributed by atoms with Crippen molar-refractivity contribution in [2.45, 2.75) is 25.9 Å². The maximum Gasteiger partial charge on any atom is 0.0925 e. The Morgan fingerprint density at radius 1 is 0.947 bits per heavy atom. The van der Waals surface area contributed by atoms with Crippen molar-refractivity contribution < 1.29 is 9.50 Å². The van der Waals surface area contributed by atoms with E-state index < -0.39 is 12.3 Å². The number of aliphatic hydroxyl groups is 1. The highest BCUT2D eigenvalue weighted by atomic mass is 19.1. The Morgan fingerprint density at radius 3 is 1.89 bits per heavy atom. The van der Waals surface area contributed by atoms with E-state index in [9.17, 15) is 9.50 Å². The van der Waals surface area contributed by atoms with Gasteiger partial charge >= 0.3 is 0 Å². The molecular weight excluding hydrogens is 239 g/mol. The van der Waals surface area contributed by atoms with Gasteiger partial charge in [-0.2, -0.15) is 0 Å². The van der Waals surface area contributed by atoms with Gasteiger partial charge in [-0.25, -0.2) is 0 Å². The van der Waals surface area contributed by atoms with Gasteiger partial charge in [-0.05, 0) is 30.5 Å². The fourth-order valence-electron chi connectivity index (χ4n) is 2.10. The molecule has 1 atom stereocenters. The molecule has 0 aromatic heterocycles. The lowest BCUT2D eigenvalue weighted by atomic mass is 9.91. The largest absolute Gasteiger partial charge is 0.385 e. The SMILES string of the molecule is Cc1ccc(-c2ccc(C(C)(O)CCF)cc2)cc1. The Hall–Kier alpha value is -1.67. The molecule has 0 aliphatic heterocycles. The summed E-state index contributed by atoms with van der Waals surface area (Å²) in [5.74, 6) is 0. The molecule has 2 heteroatoms. The Balaban J connectivity index is 2.25. The Kier molecular flexibility index (Phi) is 4.01. The fourth-order valence-corrected chi connectivity index (χ4v) is 2.10. The summed E-state index contributed by atoms with van der Waals surface area (Å²) in [5.41, 5.74) is 3.12. The van der Waals surface area contributed by atoms with Crippen LogP contribution < -0.4 is 0 Å². The number of alkyl halides is 1. The van der Waals surface area contributed by atoms with Crippen LogP contribution in [-0.2, 0) is 5.60 Å². The third-order valence-corrected chi connectivity index (χ3v) is 3.47. The van der Waals surface area contributed by atoms with Gasteiger partial charge in [-0.1, -0.05) is 54.1 Å². The van der Waals surface area contributed by atoms with Gasteiger partial charge in [0, 0.05) is 6.42 Å². The van der Waals surface area contributed by atoms with Gasteiger partial charge in [0.1, 0.15) is 0 Å². The van der Waals surface area contributed by atoms with E-state index in [-0.39, 0.29) is 6.42 Å². The molecule has 0 amide bonds. The van der Waals surface area contributed by atoms with Crippen LogP contribution in [0.4, 0.5) is 4.39 Å². The van der Waals surface area contributed by atoms with Gasteiger partial charge in [-0.3, -0.25) is 4.39 Å². The highest BCUT2D eigenvalue weighted by molar-refractivity contribution is 5.64. The predicted molar refractivity (Wildman–Crippen MR) is 76.8 cm³/mol. The molecule has 0 aliphatic carbocycles. The molecule has 19 heavy (non-hydrogen) atoms. The first-order valence-electron chi connectivity index (χ1n) is 6.49. The van der Waals surface area contributed by atoms with Gasteiger partial charge in [0.2, 0.25) is 0 Å². The maximum absolute atomic E-state index is 12.4. The minimum atomic E-state index is -1.10. The summed E-state index contributed by atoms with van der Waals surface area (Å²) in [4.78, 5) is 0. The normalized spacial score (nSPS) is 14.1. The summed E-state index contributed by atoms with van der Waals surface area (Å²) in [7, 11) is 0. The molecule has 0 fully saturated rings. The van der Waals surface area contributed by atoms with Crippen LogP contribution in [0, 0.1) is 6.92 Å². The fraction of sp³-hybridized carbons (Fsp3) is 0.294. The molecule has 0 saturated carbocycles. The van der Waals surface area contributed by atoms with Crippen LogP contribution in [0.25, 0.3) is 11.1 Å². The summed E-state index contributed by atoms with van der Waals surface area (Å²) in [6.45, 7) is 3.18. The Labute approximate surface area is 113 Å². The van der Waals surface area contributed by atoms with Crippen molar-refractivity contribution in [3.8, 4) is 11.1 Å². The second kappa shape index (κ2) is 5.54. The molecule has 2 aromatic carbocycles. The molecule has 2 aromatic rings. The number of hydrogen-bond acceptors (Lipinski definition) is 1. The molecule has 1 unspecified atom stereocenters. The van der Waals surface area contributed by atoms with Crippen LogP contribution in [-0.4, -0.2) is 11.8 Å². The molecule has 0 radical (unpaired) electrons. The minimum Gasteiger partial charge on any atom is -0.385 e. The summed E-state index contributed by atoms with van der Waals surface area (Å²) in [5, 5.41) is 10.1. The molecule has 100 valence electrons. The van der Waals surface area contributed by atoms with Crippen molar-refractivity contribution in [3.05, 3.63) is 59.7 Å². The van der Waals surface area contributed by atoms with Crippen LogP contribution >= 0.6 is 0 Å². The molecule has 0 saturated heterocycles. The molecule has 0 bridgehead atoms. The van der Waals surface area contributed by atoms with Gasteiger partial charge in [0.25, 0.3) is 0 Å². The van der Waals surface area contributed by atoms with Gasteiger partial charge < -0.3 is 5.11 Å². The number of halogens is 1. The third kappa shape index (κ3) is 3.21. The average Bonchev–Trinajstić information content (AvgIpc) is 2.40. The number of benzene rings is 2. The molecule has 1 N–H and O–H groups in total. The van der Waals surface area contributed by atoms with Crippen LogP contribution in [0.15, 0.2) is 48.5 Å². The van der Waals surface area contributed by atoms with Crippen molar-refractivity contribution in [2.75, 3.05) is 6.67 Å². The van der Waals surface area contributed by atoms with Crippen LogP contribution in [0.2, 0.25) is 0 Å². The first-order chi connectivity index (χ1) is 9.03. The summed E-state index contributed by atoms with van der Waals surface area (Å²) in [6.07, 6.45) is 0.122. The van der Waals surface area contributed by atoms with E-state index in [0.717, 1.165) is 16.7 Å². The first kappa shape index (κ1) is 13.8. The maximum atomic E-state index is 12.4. The third-order valence-electron chi connectivity index (χ3n) is 3.47. The molecule has 0 aliphatic rings. The predicted octanol–water partition coefficient (Wildman–Crippen LogP) is 4.23. The number of hydrogen-bond donors (Lipinski definition) is 1. The minimum absolute atomic E-state index is 0.122. The quantitative estimate of drug-likeness (QED) is 0.870. The molecule has 2 rings (SSSR count). The summed E-state index contributed by atoms with van der Waals surface area (Å²) in [6, 6.07) is 16.0. The zero-order chi connectivity index (χ0) is 13.9. The molecule has 0 heterocycles. The van der Waals surface area contributed by atoms with E-state index in [4.69, 9.17) is 0 Å². The number of rotatable bonds is 4. The topological polar surface area (TPSA) is 20.2 Å². The van der Waals surface area contributed by atoms with Gasteiger partial charge in [0.05, 0.1) is 12.3 Å². The lowest BCUT2D eigenvalue weighted by Crippen LogP contribution is -2.21. The van der Waals surface area contributed by atoms with E-state index in [1.807, 2.05) is 24.3 Å². The van der Waals surface area contributed by atoms with E-state index >= 15 is 0 Å². The molecule has 0 spiro atoms. The van der Waals surface area contributed by atoms with E-state index in [1.54, 1.807) is 6.92 Å². The lowest BCUT2D eigenvalue weighted by molar-refractivity contribution is 0.0408. The van der Waals surface area contributed by atoms with Crippen LogP contribution in [0.1, 0.15) is 24.5 Å². The van der Waals surface area contributed by atoms with Crippen LogP contribution in [0.3, 0.4) is 0 Å². The van der Waals surface area contributed by atoms with Crippen molar-refractivity contribution in [2.24, 2.45) is 0 Å². The first-order valence-corrected chi connectivity index (χ1v) is 6.49. The van der Waals surface area contributed by atoms with Crippen molar-refractivity contribution >= 4 is 0 Å². The zero-order valence-electron chi connectivity index (χ0n) is 11.4. The van der Waals surface area contributed by atoms with E-state index in [2.05, 4.69) is 31.2 Å². The Bertz CT molecular complexity index is 526. The highest BCUT2D eigenvalue weighted by Gasteiger charge is 2.22.